The Bertz CT molecular complexity index is 237. The highest BCUT2D eigenvalue weighted by atomic mass is 16.6. The second-order valence-corrected chi connectivity index (χ2v) is 5.80. The molecule has 0 N–H and O–H groups in total. The second kappa shape index (κ2) is 2.31. The van der Waals surface area contributed by atoms with E-state index in [1.54, 1.807) is 0 Å². The topological polar surface area (TPSA) is 12.5 Å². The second-order valence-electron chi connectivity index (χ2n) is 5.80. The van der Waals surface area contributed by atoms with E-state index in [1.807, 2.05) is 0 Å². The van der Waals surface area contributed by atoms with Crippen LogP contribution in [-0.4, -0.2) is 11.7 Å². The SMILES string of the molecule is C[C@H]1CC[C@]2(C)CCCC3OC32C1. The van der Waals surface area contributed by atoms with Crippen LogP contribution in [0.25, 0.3) is 0 Å². The van der Waals surface area contributed by atoms with Crippen molar-refractivity contribution >= 4 is 0 Å². The van der Waals surface area contributed by atoms with E-state index in [2.05, 4.69) is 13.8 Å². The summed E-state index contributed by atoms with van der Waals surface area (Å²) in [5.74, 6) is 0.899. The maximum Gasteiger partial charge on any atom is 0.100 e. The van der Waals surface area contributed by atoms with E-state index in [0.29, 0.717) is 17.1 Å². The zero-order valence-electron chi connectivity index (χ0n) is 8.81. The van der Waals surface area contributed by atoms with Crippen molar-refractivity contribution in [2.24, 2.45) is 11.3 Å². The molecule has 0 aromatic heterocycles. The molecule has 3 fully saturated rings. The zero-order valence-corrected chi connectivity index (χ0v) is 8.81. The molecule has 3 aliphatic rings. The molecule has 2 unspecified atom stereocenters. The number of hydrogen-bond donors (Lipinski definition) is 0. The van der Waals surface area contributed by atoms with Gasteiger partial charge in [-0.05, 0) is 43.4 Å². The molecule has 4 atom stereocenters. The Kier molecular flexibility index (Phi) is 1.47. The van der Waals surface area contributed by atoms with Gasteiger partial charge in [-0.15, -0.1) is 0 Å². The molecule has 13 heavy (non-hydrogen) atoms. The summed E-state index contributed by atoms with van der Waals surface area (Å²) in [7, 11) is 0. The van der Waals surface area contributed by atoms with Gasteiger partial charge in [0.1, 0.15) is 5.60 Å². The summed E-state index contributed by atoms with van der Waals surface area (Å²) in [6.07, 6.45) is 8.97. The molecule has 1 heteroatoms. The first-order valence-electron chi connectivity index (χ1n) is 5.84. The van der Waals surface area contributed by atoms with Gasteiger partial charge < -0.3 is 4.74 Å². The van der Waals surface area contributed by atoms with Crippen LogP contribution in [-0.2, 0) is 4.74 Å². The van der Waals surface area contributed by atoms with Gasteiger partial charge in [0, 0.05) is 0 Å². The maximum absolute atomic E-state index is 6.04. The van der Waals surface area contributed by atoms with Crippen LogP contribution in [0.4, 0.5) is 0 Å². The number of epoxide rings is 1. The predicted octanol–water partition coefficient (Wildman–Crippen LogP) is 3.13. The molecular formula is C12H20O. The van der Waals surface area contributed by atoms with Gasteiger partial charge in [-0.2, -0.15) is 0 Å². The van der Waals surface area contributed by atoms with Crippen LogP contribution in [0.5, 0.6) is 0 Å². The molecule has 0 bridgehead atoms. The first-order chi connectivity index (χ1) is 6.16. The Morgan fingerprint density at radius 3 is 2.92 bits per heavy atom. The fourth-order valence-corrected chi connectivity index (χ4v) is 3.88. The summed E-state index contributed by atoms with van der Waals surface area (Å²) in [6.45, 7) is 4.86. The number of ether oxygens (including phenoxy) is 1. The molecule has 74 valence electrons. The molecule has 1 heterocycles. The minimum absolute atomic E-state index is 0.350. The van der Waals surface area contributed by atoms with Gasteiger partial charge in [0.15, 0.2) is 0 Å². The van der Waals surface area contributed by atoms with Crippen LogP contribution in [0.3, 0.4) is 0 Å². The monoisotopic (exact) mass is 180 g/mol. The maximum atomic E-state index is 6.04. The predicted molar refractivity (Wildman–Crippen MR) is 52.6 cm³/mol. The Morgan fingerprint density at radius 1 is 1.23 bits per heavy atom. The molecule has 3 rings (SSSR count). The summed E-state index contributed by atoms with van der Waals surface area (Å²) < 4.78 is 6.04. The molecule has 0 aromatic rings. The largest absolute Gasteiger partial charge is 0.365 e. The fourth-order valence-electron chi connectivity index (χ4n) is 3.88. The third-order valence-corrected chi connectivity index (χ3v) is 4.87. The quantitative estimate of drug-likeness (QED) is 0.522. The standard InChI is InChI=1S/C12H20O/c1-9-5-7-11(2)6-3-4-10-12(11,8-9)13-10/h9-10H,3-8H2,1-2H3/t9-,10?,11-,12?/m0/s1. The van der Waals surface area contributed by atoms with Crippen molar-refractivity contribution in [3.05, 3.63) is 0 Å². The van der Waals surface area contributed by atoms with Gasteiger partial charge >= 0.3 is 0 Å². The van der Waals surface area contributed by atoms with Crippen molar-refractivity contribution in [3.63, 3.8) is 0 Å². The third kappa shape index (κ3) is 0.918. The van der Waals surface area contributed by atoms with Crippen LogP contribution in [0.15, 0.2) is 0 Å². The smallest absolute Gasteiger partial charge is 0.100 e. The number of rotatable bonds is 0. The molecule has 2 saturated carbocycles. The minimum Gasteiger partial charge on any atom is -0.365 e. The molecule has 1 spiro atoms. The van der Waals surface area contributed by atoms with Crippen LogP contribution >= 0.6 is 0 Å². The summed E-state index contributed by atoms with van der Waals surface area (Å²) in [5.41, 5.74) is 0.894. The Hall–Kier alpha value is -0.0400. The molecule has 0 aromatic carbocycles. The highest BCUT2D eigenvalue weighted by Crippen LogP contribution is 2.65. The van der Waals surface area contributed by atoms with Gasteiger partial charge in [0.05, 0.1) is 6.10 Å². The van der Waals surface area contributed by atoms with Crippen molar-refractivity contribution in [1.82, 2.24) is 0 Å². The van der Waals surface area contributed by atoms with Gasteiger partial charge in [0.2, 0.25) is 0 Å². The first kappa shape index (κ1) is 8.28. The summed E-state index contributed by atoms with van der Waals surface area (Å²) in [4.78, 5) is 0. The van der Waals surface area contributed by atoms with Crippen molar-refractivity contribution in [1.29, 1.82) is 0 Å². The molecule has 0 radical (unpaired) electrons. The average molecular weight is 180 g/mol. The average Bonchev–Trinajstić information content (AvgIpc) is 2.77. The normalized spacial score (nSPS) is 59.5. The highest BCUT2D eigenvalue weighted by Gasteiger charge is 2.68. The molecule has 1 nitrogen and oxygen atoms in total. The highest BCUT2D eigenvalue weighted by molar-refractivity contribution is 5.17. The Labute approximate surface area is 80.8 Å². The summed E-state index contributed by atoms with van der Waals surface area (Å²) in [6, 6.07) is 0. The molecule has 1 saturated heterocycles. The molecule has 2 aliphatic carbocycles. The minimum atomic E-state index is 0.350. The van der Waals surface area contributed by atoms with Gasteiger partial charge in [0.25, 0.3) is 0 Å². The zero-order chi connectivity index (χ0) is 9.10. The van der Waals surface area contributed by atoms with Crippen LogP contribution in [0, 0.1) is 11.3 Å². The molecule has 1 aliphatic heterocycles. The Morgan fingerprint density at radius 2 is 2.08 bits per heavy atom. The summed E-state index contributed by atoms with van der Waals surface area (Å²) in [5, 5.41) is 0. The van der Waals surface area contributed by atoms with E-state index in [-0.39, 0.29) is 0 Å². The first-order valence-corrected chi connectivity index (χ1v) is 5.84. The lowest BCUT2D eigenvalue weighted by Crippen LogP contribution is -2.45. The van der Waals surface area contributed by atoms with E-state index in [9.17, 15) is 0 Å². The van der Waals surface area contributed by atoms with Gasteiger partial charge in [-0.1, -0.05) is 20.3 Å². The summed E-state index contributed by atoms with van der Waals surface area (Å²) >= 11 is 0. The van der Waals surface area contributed by atoms with E-state index >= 15 is 0 Å². The van der Waals surface area contributed by atoms with Gasteiger partial charge in [-0.25, -0.2) is 0 Å². The van der Waals surface area contributed by atoms with E-state index in [1.165, 1.54) is 38.5 Å². The van der Waals surface area contributed by atoms with Crippen molar-refractivity contribution in [2.45, 2.75) is 64.1 Å². The van der Waals surface area contributed by atoms with E-state index in [0.717, 1.165) is 5.92 Å². The van der Waals surface area contributed by atoms with Gasteiger partial charge in [-0.3, -0.25) is 0 Å². The van der Waals surface area contributed by atoms with E-state index < -0.39 is 0 Å². The lowest BCUT2D eigenvalue weighted by molar-refractivity contribution is 0.0329. The lowest BCUT2D eigenvalue weighted by atomic mass is 9.58. The van der Waals surface area contributed by atoms with Crippen LogP contribution < -0.4 is 0 Å². The van der Waals surface area contributed by atoms with Crippen LogP contribution in [0.1, 0.15) is 52.4 Å². The Balaban J connectivity index is 1.91. The third-order valence-electron chi connectivity index (χ3n) is 4.87. The van der Waals surface area contributed by atoms with Crippen molar-refractivity contribution in [3.8, 4) is 0 Å². The number of hydrogen-bond acceptors (Lipinski definition) is 1. The van der Waals surface area contributed by atoms with Crippen molar-refractivity contribution < 1.29 is 4.74 Å². The van der Waals surface area contributed by atoms with E-state index in [4.69, 9.17) is 4.74 Å². The molecular weight excluding hydrogens is 160 g/mol. The lowest BCUT2D eigenvalue weighted by Gasteiger charge is -2.45. The van der Waals surface area contributed by atoms with Crippen LogP contribution in [0.2, 0.25) is 0 Å². The van der Waals surface area contributed by atoms with Crippen molar-refractivity contribution in [2.75, 3.05) is 0 Å². The fraction of sp³-hybridized carbons (Fsp3) is 1.00. The molecule has 0 amide bonds.